The molecule has 0 aliphatic carbocycles. The van der Waals surface area contributed by atoms with Gasteiger partial charge in [-0.15, -0.1) is 11.3 Å². The van der Waals surface area contributed by atoms with Crippen LogP contribution in [0.1, 0.15) is 5.69 Å². The van der Waals surface area contributed by atoms with Crippen LogP contribution >= 0.6 is 11.3 Å². The first kappa shape index (κ1) is 7.23. The van der Waals surface area contributed by atoms with Gasteiger partial charge in [-0.2, -0.15) is 0 Å². The average molecular weight is 183 g/mol. The lowest BCUT2D eigenvalue weighted by atomic mass is 10.6. The minimum atomic E-state index is -0.558. The molecule has 5 nitrogen and oxygen atoms in total. The molecule has 1 N–H and O–H groups in total. The maximum Gasteiger partial charge on any atom is 0.439 e. The van der Waals surface area contributed by atoms with Gasteiger partial charge in [-0.25, -0.2) is 9.78 Å². The zero-order valence-corrected chi connectivity index (χ0v) is 7.01. The fraction of sp³-hybridized carbons (Fsp3) is 0.167. The zero-order valence-electron chi connectivity index (χ0n) is 6.20. The fourth-order valence-electron chi connectivity index (χ4n) is 0.785. The van der Waals surface area contributed by atoms with Crippen molar-refractivity contribution in [1.82, 2.24) is 15.1 Å². The third-order valence-electron chi connectivity index (χ3n) is 1.26. The van der Waals surface area contributed by atoms with Crippen molar-refractivity contribution in [3.05, 3.63) is 21.6 Å². The Hall–Kier alpha value is -1.43. The van der Waals surface area contributed by atoms with Crippen LogP contribution in [0.4, 0.5) is 0 Å². The summed E-state index contributed by atoms with van der Waals surface area (Å²) in [5.41, 5.74) is 0.902. The molecule has 62 valence electrons. The second-order valence-corrected chi connectivity index (χ2v) is 3.10. The molecule has 2 aromatic rings. The highest BCUT2D eigenvalue weighted by atomic mass is 32.1. The van der Waals surface area contributed by atoms with E-state index >= 15 is 0 Å². The van der Waals surface area contributed by atoms with Crippen molar-refractivity contribution in [1.29, 1.82) is 0 Å². The lowest BCUT2D eigenvalue weighted by Crippen LogP contribution is -1.94. The molecular formula is C6H5N3O2S. The molecule has 0 bridgehead atoms. The van der Waals surface area contributed by atoms with Crippen molar-refractivity contribution < 1.29 is 4.52 Å². The summed E-state index contributed by atoms with van der Waals surface area (Å²) in [4.78, 5) is 17.1. The van der Waals surface area contributed by atoms with E-state index in [-0.39, 0.29) is 0 Å². The normalized spacial score (nSPS) is 10.4. The summed E-state index contributed by atoms with van der Waals surface area (Å²) in [6.07, 6.45) is 0. The van der Waals surface area contributed by atoms with Crippen LogP contribution in [0.3, 0.4) is 0 Å². The van der Waals surface area contributed by atoms with E-state index in [1.165, 1.54) is 11.3 Å². The van der Waals surface area contributed by atoms with Gasteiger partial charge in [0.1, 0.15) is 0 Å². The molecule has 0 aromatic carbocycles. The van der Waals surface area contributed by atoms with Crippen LogP contribution in [0.25, 0.3) is 10.8 Å². The zero-order chi connectivity index (χ0) is 8.55. The highest BCUT2D eigenvalue weighted by molar-refractivity contribution is 7.13. The van der Waals surface area contributed by atoms with Crippen molar-refractivity contribution in [2.45, 2.75) is 6.92 Å². The molecule has 0 fully saturated rings. The molecule has 0 atom stereocenters. The van der Waals surface area contributed by atoms with Gasteiger partial charge in [-0.05, 0) is 6.92 Å². The summed E-state index contributed by atoms with van der Waals surface area (Å²) in [5.74, 6) is -0.170. The molecule has 0 aliphatic rings. The quantitative estimate of drug-likeness (QED) is 0.709. The summed E-state index contributed by atoms with van der Waals surface area (Å²) in [7, 11) is 0. The minimum absolute atomic E-state index is 0.387. The molecule has 2 rings (SSSR count). The number of nitrogens with one attached hydrogen (secondary N) is 1. The monoisotopic (exact) mass is 183 g/mol. The minimum Gasteiger partial charge on any atom is -0.295 e. The molecule has 0 unspecified atom stereocenters. The van der Waals surface area contributed by atoms with E-state index < -0.39 is 5.76 Å². The van der Waals surface area contributed by atoms with Crippen molar-refractivity contribution in [3.8, 4) is 10.8 Å². The molecule has 0 aliphatic heterocycles. The predicted molar refractivity (Wildman–Crippen MR) is 43.0 cm³/mol. The van der Waals surface area contributed by atoms with Gasteiger partial charge >= 0.3 is 5.76 Å². The van der Waals surface area contributed by atoms with Gasteiger partial charge in [0.05, 0.1) is 0 Å². The van der Waals surface area contributed by atoms with Crippen molar-refractivity contribution in [2.24, 2.45) is 0 Å². The Balaban J connectivity index is 2.50. The maximum absolute atomic E-state index is 10.6. The Morgan fingerprint density at radius 1 is 1.67 bits per heavy atom. The van der Waals surface area contributed by atoms with Gasteiger partial charge in [0.25, 0.3) is 0 Å². The summed E-state index contributed by atoms with van der Waals surface area (Å²) in [6, 6.07) is 0. The van der Waals surface area contributed by atoms with Crippen LogP contribution < -0.4 is 5.76 Å². The van der Waals surface area contributed by atoms with Gasteiger partial charge in [-0.1, -0.05) is 5.16 Å². The number of aromatic nitrogens is 3. The van der Waals surface area contributed by atoms with E-state index in [4.69, 9.17) is 0 Å². The van der Waals surface area contributed by atoms with Crippen LogP contribution in [0, 0.1) is 6.92 Å². The Morgan fingerprint density at radius 3 is 3.00 bits per heavy atom. The third kappa shape index (κ3) is 1.16. The number of hydrogen-bond acceptors (Lipinski definition) is 5. The van der Waals surface area contributed by atoms with Crippen molar-refractivity contribution >= 4 is 11.3 Å². The standard InChI is InChI=1S/C6H5N3O2S/c1-3-2-12-5(7-3)4-8-6(10)11-9-4/h2H,1H3,(H,8,9,10). The highest BCUT2D eigenvalue weighted by Crippen LogP contribution is 2.17. The van der Waals surface area contributed by atoms with Gasteiger partial charge < -0.3 is 0 Å². The topological polar surface area (TPSA) is 71.8 Å². The van der Waals surface area contributed by atoms with Crippen LogP contribution in [-0.2, 0) is 0 Å². The molecule has 2 heterocycles. The van der Waals surface area contributed by atoms with Crippen molar-refractivity contribution in [2.75, 3.05) is 0 Å². The summed E-state index contributed by atoms with van der Waals surface area (Å²) >= 11 is 1.41. The average Bonchev–Trinajstić information content (AvgIpc) is 2.58. The Kier molecular flexibility index (Phi) is 1.54. The molecule has 0 amide bonds. The van der Waals surface area contributed by atoms with Crippen LogP contribution in [0.15, 0.2) is 14.7 Å². The highest BCUT2D eigenvalue weighted by Gasteiger charge is 2.06. The van der Waals surface area contributed by atoms with E-state index in [1.54, 1.807) is 0 Å². The smallest absolute Gasteiger partial charge is 0.295 e. The van der Waals surface area contributed by atoms with Gasteiger partial charge in [0.15, 0.2) is 5.01 Å². The van der Waals surface area contributed by atoms with Gasteiger partial charge in [0, 0.05) is 11.1 Å². The summed E-state index contributed by atoms with van der Waals surface area (Å²) in [5, 5.41) is 6.05. The van der Waals surface area contributed by atoms with Crippen LogP contribution in [0.2, 0.25) is 0 Å². The van der Waals surface area contributed by atoms with E-state index in [1.807, 2.05) is 12.3 Å². The first-order chi connectivity index (χ1) is 5.75. The van der Waals surface area contributed by atoms with E-state index in [2.05, 4.69) is 19.6 Å². The SMILES string of the molecule is Cc1csc(-c2noc(=O)[nH]2)n1. The molecule has 12 heavy (non-hydrogen) atoms. The lowest BCUT2D eigenvalue weighted by molar-refractivity contribution is 0.388. The summed E-state index contributed by atoms with van der Waals surface area (Å²) in [6.45, 7) is 1.87. The van der Waals surface area contributed by atoms with Crippen LogP contribution in [0.5, 0.6) is 0 Å². The molecule has 0 saturated heterocycles. The molecular weight excluding hydrogens is 178 g/mol. The number of nitrogens with zero attached hydrogens (tertiary/aromatic N) is 2. The molecule has 6 heteroatoms. The largest absolute Gasteiger partial charge is 0.439 e. The second kappa shape index (κ2) is 2.56. The van der Waals surface area contributed by atoms with E-state index in [9.17, 15) is 4.79 Å². The Labute approximate surface area is 71.1 Å². The number of aryl methyl sites for hydroxylation is 1. The first-order valence-electron chi connectivity index (χ1n) is 3.24. The van der Waals surface area contributed by atoms with E-state index in [0.717, 1.165) is 5.69 Å². The predicted octanol–water partition coefficient (Wildman–Crippen LogP) is 0.795. The Bertz CT molecular complexity index is 441. The van der Waals surface area contributed by atoms with E-state index in [0.29, 0.717) is 10.8 Å². The molecule has 0 radical (unpaired) electrons. The van der Waals surface area contributed by atoms with Crippen molar-refractivity contribution in [3.63, 3.8) is 0 Å². The third-order valence-corrected chi connectivity index (χ3v) is 2.23. The molecule has 0 spiro atoms. The molecule has 2 aromatic heterocycles. The lowest BCUT2D eigenvalue weighted by Gasteiger charge is -1.81. The molecule has 0 saturated carbocycles. The Morgan fingerprint density at radius 2 is 2.50 bits per heavy atom. The number of thiazole rings is 1. The van der Waals surface area contributed by atoms with Gasteiger partial charge in [0.2, 0.25) is 5.82 Å². The van der Waals surface area contributed by atoms with Crippen LogP contribution in [-0.4, -0.2) is 15.1 Å². The first-order valence-corrected chi connectivity index (χ1v) is 4.12. The number of H-pyrrole nitrogens is 1. The second-order valence-electron chi connectivity index (χ2n) is 2.24. The number of rotatable bonds is 1. The fourth-order valence-corrected chi connectivity index (χ4v) is 1.52. The maximum atomic E-state index is 10.6. The number of aromatic amines is 1. The van der Waals surface area contributed by atoms with Gasteiger partial charge in [-0.3, -0.25) is 9.51 Å². The summed E-state index contributed by atoms with van der Waals surface area (Å²) < 4.78 is 4.33. The number of hydrogen-bond donors (Lipinski definition) is 1.